The second kappa shape index (κ2) is 4.85. The Morgan fingerprint density at radius 2 is 2.17 bits per heavy atom. The van der Waals surface area contributed by atoms with Crippen molar-refractivity contribution in [3.8, 4) is 0 Å². The molecule has 0 aromatic carbocycles. The van der Waals surface area contributed by atoms with Gasteiger partial charge in [0.1, 0.15) is 12.1 Å². The summed E-state index contributed by atoms with van der Waals surface area (Å²) in [6, 6.07) is -0.0292. The molecule has 0 radical (unpaired) electrons. The molecule has 3 heterocycles. The maximum absolute atomic E-state index is 11.7. The summed E-state index contributed by atoms with van der Waals surface area (Å²) in [7, 11) is 0. The summed E-state index contributed by atoms with van der Waals surface area (Å²) in [5.41, 5.74) is 0. The number of hydrogen-bond donors (Lipinski definition) is 0. The Kier molecular flexibility index (Phi) is 3.22. The number of cyclic esters (lactones) is 1. The van der Waals surface area contributed by atoms with Gasteiger partial charge in [0, 0.05) is 44.2 Å². The molecule has 0 aliphatic carbocycles. The third kappa shape index (κ3) is 2.22. The molecule has 2 atom stereocenters. The lowest BCUT2D eigenvalue weighted by Gasteiger charge is -2.36. The quantitative estimate of drug-likeness (QED) is 0.747. The molecule has 1 aromatic heterocycles. The lowest BCUT2D eigenvalue weighted by Crippen LogP contribution is -2.51. The van der Waals surface area contributed by atoms with Crippen molar-refractivity contribution < 1.29 is 9.53 Å². The average molecular weight is 267 g/mol. The summed E-state index contributed by atoms with van der Waals surface area (Å²) in [5, 5.41) is 3.08. The Bertz CT molecular complexity index is 415. The van der Waals surface area contributed by atoms with Crippen LogP contribution in [0.15, 0.2) is 11.6 Å². The Balaban J connectivity index is 1.59. The number of esters is 1. The van der Waals surface area contributed by atoms with Gasteiger partial charge in [0.05, 0.1) is 0 Å². The van der Waals surface area contributed by atoms with E-state index in [0.29, 0.717) is 0 Å². The molecule has 0 amide bonds. The molecule has 2 fully saturated rings. The van der Waals surface area contributed by atoms with Gasteiger partial charge in [-0.15, -0.1) is 11.3 Å². The third-order valence-electron chi connectivity index (χ3n) is 3.59. The van der Waals surface area contributed by atoms with Crippen LogP contribution >= 0.6 is 11.3 Å². The number of aromatic nitrogens is 1. The maximum atomic E-state index is 11.7. The van der Waals surface area contributed by atoms with Crippen LogP contribution in [0.5, 0.6) is 0 Å². The number of rotatable bonds is 2. The Hall–Kier alpha value is -1.14. The van der Waals surface area contributed by atoms with E-state index in [1.165, 1.54) is 0 Å². The molecule has 2 saturated heterocycles. The minimum absolute atomic E-state index is 0.0292. The number of ether oxygens (including phenoxy) is 1. The molecule has 1 aromatic rings. The maximum Gasteiger partial charge on any atom is 0.323 e. The lowest BCUT2D eigenvalue weighted by atomic mass is 10.1. The molecule has 2 aliphatic heterocycles. The van der Waals surface area contributed by atoms with E-state index in [9.17, 15) is 4.79 Å². The van der Waals surface area contributed by atoms with E-state index in [4.69, 9.17) is 4.74 Å². The van der Waals surface area contributed by atoms with Gasteiger partial charge >= 0.3 is 5.97 Å². The second-order valence-corrected chi connectivity index (χ2v) is 5.71. The molecule has 2 aliphatic rings. The van der Waals surface area contributed by atoms with Crippen molar-refractivity contribution in [3.05, 3.63) is 11.6 Å². The fourth-order valence-electron chi connectivity index (χ4n) is 2.63. The van der Waals surface area contributed by atoms with Crippen molar-refractivity contribution in [2.75, 3.05) is 31.1 Å². The summed E-state index contributed by atoms with van der Waals surface area (Å²) >= 11 is 1.67. The standard InChI is InChI=1S/C12H17N3O2S/c1-9-8-10(11(16)17-9)14-3-5-15(6-4-14)12-13-2-7-18-12/h2,7,9-10H,3-6,8H2,1H3/t9-,10+/m0/s1. The van der Waals surface area contributed by atoms with Gasteiger partial charge in [0.15, 0.2) is 5.13 Å². The molecule has 0 saturated carbocycles. The van der Waals surface area contributed by atoms with E-state index >= 15 is 0 Å². The summed E-state index contributed by atoms with van der Waals surface area (Å²) in [6.07, 6.45) is 2.73. The summed E-state index contributed by atoms with van der Waals surface area (Å²) in [4.78, 5) is 20.6. The van der Waals surface area contributed by atoms with Gasteiger partial charge in [-0.25, -0.2) is 4.98 Å². The smallest absolute Gasteiger partial charge is 0.323 e. The topological polar surface area (TPSA) is 45.7 Å². The number of piperazine rings is 1. The fourth-order valence-corrected chi connectivity index (χ4v) is 3.33. The van der Waals surface area contributed by atoms with Gasteiger partial charge in [0.2, 0.25) is 0 Å². The van der Waals surface area contributed by atoms with E-state index in [2.05, 4.69) is 14.8 Å². The van der Waals surface area contributed by atoms with Crippen LogP contribution in [-0.4, -0.2) is 54.2 Å². The van der Waals surface area contributed by atoms with Crippen molar-refractivity contribution in [2.45, 2.75) is 25.5 Å². The number of thiazole rings is 1. The summed E-state index contributed by atoms with van der Waals surface area (Å²) in [6.45, 7) is 5.65. The zero-order valence-corrected chi connectivity index (χ0v) is 11.2. The van der Waals surface area contributed by atoms with Crippen LogP contribution in [0, 0.1) is 0 Å². The molecule has 0 spiro atoms. The Labute approximate surface area is 110 Å². The molecule has 98 valence electrons. The second-order valence-electron chi connectivity index (χ2n) is 4.84. The Morgan fingerprint density at radius 3 is 2.72 bits per heavy atom. The third-order valence-corrected chi connectivity index (χ3v) is 4.42. The summed E-state index contributed by atoms with van der Waals surface area (Å²) < 4.78 is 5.22. The van der Waals surface area contributed by atoms with Crippen LogP contribution in [0.25, 0.3) is 0 Å². The molecule has 6 heteroatoms. The predicted octanol–water partition coefficient (Wildman–Crippen LogP) is 0.969. The van der Waals surface area contributed by atoms with E-state index in [0.717, 1.165) is 37.7 Å². The van der Waals surface area contributed by atoms with Gasteiger partial charge < -0.3 is 9.64 Å². The van der Waals surface area contributed by atoms with Crippen LogP contribution in [0.3, 0.4) is 0 Å². The monoisotopic (exact) mass is 267 g/mol. The molecule has 3 rings (SSSR count). The van der Waals surface area contributed by atoms with Crippen molar-refractivity contribution in [3.63, 3.8) is 0 Å². The van der Waals surface area contributed by atoms with Crippen LogP contribution in [0.2, 0.25) is 0 Å². The van der Waals surface area contributed by atoms with Crippen molar-refractivity contribution in [1.82, 2.24) is 9.88 Å². The highest BCUT2D eigenvalue weighted by molar-refractivity contribution is 7.13. The van der Waals surface area contributed by atoms with Crippen LogP contribution < -0.4 is 4.90 Å². The molecule has 5 nitrogen and oxygen atoms in total. The molecular formula is C12H17N3O2S. The molecule has 0 bridgehead atoms. The summed E-state index contributed by atoms with van der Waals surface area (Å²) in [5.74, 6) is -0.0507. The van der Waals surface area contributed by atoms with Gasteiger partial charge in [0.25, 0.3) is 0 Å². The Morgan fingerprint density at radius 1 is 1.39 bits per heavy atom. The number of hydrogen-bond acceptors (Lipinski definition) is 6. The van der Waals surface area contributed by atoms with Crippen LogP contribution in [-0.2, 0) is 9.53 Å². The van der Waals surface area contributed by atoms with Crippen LogP contribution in [0.4, 0.5) is 5.13 Å². The van der Waals surface area contributed by atoms with E-state index in [-0.39, 0.29) is 18.1 Å². The number of nitrogens with zero attached hydrogens (tertiary/aromatic N) is 3. The first-order valence-electron chi connectivity index (χ1n) is 6.33. The SMILES string of the molecule is C[C@H]1C[C@@H](N2CCN(c3nccs3)CC2)C(=O)O1. The normalized spacial score (nSPS) is 29.6. The van der Waals surface area contributed by atoms with Crippen LogP contribution in [0.1, 0.15) is 13.3 Å². The average Bonchev–Trinajstić information content (AvgIpc) is 2.99. The minimum atomic E-state index is -0.0507. The van der Waals surface area contributed by atoms with Gasteiger partial charge in [-0.05, 0) is 6.92 Å². The first-order valence-corrected chi connectivity index (χ1v) is 7.21. The molecule has 0 N–H and O–H groups in total. The lowest BCUT2D eigenvalue weighted by molar-refractivity contribution is -0.144. The van der Waals surface area contributed by atoms with Gasteiger partial charge in [-0.1, -0.05) is 0 Å². The first kappa shape index (κ1) is 11.9. The minimum Gasteiger partial charge on any atom is -0.461 e. The van der Waals surface area contributed by atoms with E-state index in [1.54, 1.807) is 11.3 Å². The molecule has 18 heavy (non-hydrogen) atoms. The predicted molar refractivity (Wildman–Crippen MR) is 69.9 cm³/mol. The van der Waals surface area contributed by atoms with Crippen molar-refractivity contribution in [1.29, 1.82) is 0 Å². The van der Waals surface area contributed by atoms with Gasteiger partial charge in [-0.3, -0.25) is 9.69 Å². The van der Waals surface area contributed by atoms with Gasteiger partial charge in [-0.2, -0.15) is 0 Å². The number of carbonyl (C=O) groups excluding carboxylic acids is 1. The van der Waals surface area contributed by atoms with Crippen molar-refractivity contribution in [2.24, 2.45) is 0 Å². The van der Waals surface area contributed by atoms with E-state index < -0.39 is 0 Å². The van der Waals surface area contributed by atoms with E-state index in [1.807, 2.05) is 18.5 Å². The largest absolute Gasteiger partial charge is 0.461 e. The highest BCUT2D eigenvalue weighted by atomic mass is 32.1. The fraction of sp³-hybridized carbons (Fsp3) is 0.667. The molecule has 0 unspecified atom stereocenters. The zero-order chi connectivity index (χ0) is 12.5. The highest BCUT2D eigenvalue weighted by Gasteiger charge is 2.37. The van der Waals surface area contributed by atoms with Crippen molar-refractivity contribution >= 4 is 22.4 Å². The highest BCUT2D eigenvalue weighted by Crippen LogP contribution is 2.23. The number of carbonyl (C=O) groups is 1. The first-order chi connectivity index (χ1) is 8.74. The zero-order valence-electron chi connectivity index (χ0n) is 10.4. The number of anilines is 1. The molecular weight excluding hydrogens is 250 g/mol.